The van der Waals surface area contributed by atoms with E-state index in [1.807, 2.05) is 16.7 Å². The molecule has 0 aliphatic carbocycles. The number of benzene rings is 1. The summed E-state index contributed by atoms with van der Waals surface area (Å²) in [6.07, 6.45) is 3.51. The number of nitrogens with zero attached hydrogens (tertiary/aromatic N) is 4. The molecule has 3 heterocycles. The second kappa shape index (κ2) is 7.57. The molecule has 0 spiro atoms. The summed E-state index contributed by atoms with van der Waals surface area (Å²) in [5.74, 6) is 0.779. The van der Waals surface area contributed by atoms with Crippen LogP contribution in [0.4, 0.5) is 10.2 Å². The Labute approximate surface area is 155 Å². The number of anilines is 1. The Balaban J connectivity index is 1.66. The van der Waals surface area contributed by atoms with Gasteiger partial charge >= 0.3 is 0 Å². The normalized spacial score (nSPS) is 15.5. The van der Waals surface area contributed by atoms with Crippen molar-refractivity contribution in [2.45, 2.75) is 0 Å². The molecule has 0 atom stereocenters. The van der Waals surface area contributed by atoms with Gasteiger partial charge < -0.3 is 10.1 Å². The number of hydrogen-bond acceptors (Lipinski definition) is 5. The van der Waals surface area contributed by atoms with Crippen LogP contribution in [-0.2, 0) is 4.74 Å². The second-order valence-electron chi connectivity index (χ2n) is 6.08. The van der Waals surface area contributed by atoms with Crippen LogP contribution < -0.4 is 5.32 Å². The highest BCUT2D eigenvalue weighted by Crippen LogP contribution is 2.35. The lowest BCUT2D eigenvalue weighted by Crippen LogP contribution is -2.39. The minimum absolute atomic E-state index is 0.286. The number of ether oxygens (including phenoxy) is 1. The predicted octanol–water partition coefficient (Wildman–Crippen LogP) is 2.93. The summed E-state index contributed by atoms with van der Waals surface area (Å²) in [5.41, 5.74) is 0.752. The van der Waals surface area contributed by atoms with E-state index in [0.717, 1.165) is 32.8 Å². The number of halogens is 2. The van der Waals surface area contributed by atoms with Crippen molar-refractivity contribution in [2.75, 3.05) is 44.7 Å². The maximum absolute atomic E-state index is 14.5. The number of fused-ring (bicyclic) bond motifs is 1. The van der Waals surface area contributed by atoms with E-state index >= 15 is 0 Å². The van der Waals surface area contributed by atoms with Gasteiger partial charge in [0.15, 0.2) is 0 Å². The summed E-state index contributed by atoms with van der Waals surface area (Å²) in [5, 5.41) is 3.71. The van der Waals surface area contributed by atoms with Gasteiger partial charge in [-0.05, 0) is 18.2 Å². The minimum Gasteiger partial charge on any atom is -0.379 e. The molecular weight excluding hydrogens is 357 g/mol. The molecule has 2 aromatic heterocycles. The predicted molar refractivity (Wildman–Crippen MR) is 99.1 cm³/mol. The Kier molecular flexibility index (Phi) is 5.01. The molecule has 6 nitrogen and oxygen atoms in total. The van der Waals surface area contributed by atoms with Gasteiger partial charge in [0, 0.05) is 38.6 Å². The lowest BCUT2D eigenvalue weighted by Gasteiger charge is -2.26. The number of hydrogen-bond donors (Lipinski definition) is 1. The topological polar surface area (TPSA) is 54.7 Å². The van der Waals surface area contributed by atoms with Gasteiger partial charge in [0.1, 0.15) is 17.3 Å². The van der Waals surface area contributed by atoms with Crippen LogP contribution in [-0.4, -0.2) is 58.7 Å². The van der Waals surface area contributed by atoms with Crippen LogP contribution in [0.5, 0.6) is 0 Å². The molecule has 1 aliphatic rings. The Morgan fingerprint density at radius 3 is 2.88 bits per heavy atom. The van der Waals surface area contributed by atoms with Crippen molar-refractivity contribution >= 4 is 23.2 Å². The number of nitrogens with one attached hydrogen (secondary N) is 1. The van der Waals surface area contributed by atoms with Crippen LogP contribution in [0.2, 0.25) is 5.02 Å². The first kappa shape index (κ1) is 17.2. The first-order chi connectivity index (χ1) is 12.7. The van der Waals surface area contributed by atoms with Gasteiger partial charge in [0.25, 0.3) is 0 Å². The summed E-state index contributed by atoms with van der Waals surface area (Å²) >= 11 is 6.26. The van der Waals surface area contributed by atoms with Crippen LogP contribution in [0, 0.1) is 5.82 Å². The van der Waals surface area contributed by atoms with Crippen molar-refractivity contribution in [1.29, 1.82) is 0 Å². The fourth-order valence-electron chi connectivity index (χ4n) is 3.11. The second-order valence-corrected chi connectivity index (χ2v) is 6.48. The van der Waals surface area contributed by atoms with E-state index in [9.17, 15) is 4.39 Å². The van der Waals surface area contributed by atoms with E-state index in [-0.39, 0.29) is 5.56 Å². The highest BCUT2D eigenvalue weighted by atomic mass is 35.5. The van der Waals surface area contributed by atoms with E-state index < -0.39 is 5.82 Å². The maximum atomic E-state index is 14.5. The zero-order valence-corrected chi connectivity index (χ0v) is 14.9. The summed E-state index contributed by atoms with van der Waals surface area (Å²) in [4.78, 5) is 11.1. The summed E-state index contributed by atoms with van der Waals surface area (Å²) < 4.78 is 21.6. The summed E-state index contributed by atoms with van der Waals surface area (Å²) in [6, 6.07) is 6.44. The quantitative estimate of drug-likeness (QED) is 0.743. The van der Waals surface area contributed by atoms with Crippen molar-refractivity contribution in [3.63, 3.8) is 0 Å². The molecular formula is C18H19ClFN5O. The smallest absolute Gasteiger partial charge is 0.235 e. The molecule has 0 unspecified atom stereocenters. The molecule has 4 rings (SSSR count). The molecule has 3 aromatic rings. The fourth-order valence-corrected chi connectivity index (χ4v) is 3.36. The standard InChI is InChI=1S/C18H19ClFN5O/c19-13-3-1-4-14(20)15(13)16-17(25-7-2-5-22-18(25)23-16)21-6-8-24-9-11-26-12-10-24/h1-5,7,21H,6,8-12H2. The van der Waals surface area contributed by atoms with Gasteiger partial charge in [-0.3, -0.25) is 9.30 Å². The Morgan fingerprint density at radius 1 is 1.23 bits per heavy atom. The molecule has 1 aliphatic heterocycles. The molecule has 0 saturated carbocycles. The number of aromatic nitrogens is 3. The zero-order valence-electron chi connectivity index (χ0n) is 14.2. The molecule has 1 aromatic carbocycles. The highest BCUT2D eigenvalue weighted by molar-refractivity contribution is 6.33. The first-order valence-corrected chi connectivity index (χ1v) is 8.93. The van der Waals surface area contributed by atoms with Gasteiger partial charge in [0.2, 0.25) is 5.78 Å². The van der Waals surface area contributed by atoms with Crippen molar-refractivity contribution in [2.24, 2.45) is 0 Å². The lowest BCUT2D eigenvalue weighted by molar-refractivity contribution is 0.0398. The van der Waals surface area contributed by atoms with Crippen molar-refractivity contribution in [3.05, 3.63) is 47.5 Å². The molecule has 0 amide bonds. The van der Waals surface area contributed by atoms with Crippen molar-refractivity contribution < 1.29 is 9.13 Å². The molecule has 0 bridgehead atoms. The molecule has 26 heavy (non-hydrogen) atoms. The average molecular weight is 376 g/mol. The van der Waals surface area contributed by atoms with Crippen LogP contribution >= 0.6 is 11.6 Å². The van der Waals surface area contributed by atoms with E-state index in [4.69, 9.17) is 16.3 Å². The molecule has 0 radical (unpaired) electrons. The lowest BCUT2D eigenvalue weighted by atomic mass is 10.1. The third kappa shape index (κ3) is 3.38. The van der Waals surface area contributed by atoms with E-state index in [1.165, 1.54) is 6.07 Å². The Morgan fingerprint density at radius 2 is 2.08 bits per heavy atom. The summed E-state index contributed by atoms with van der Waals surface area (Å²) in [6.45, 7) is 4.92. The maximum Gasteiger partial charge on any atom is 0.235 e. The van der Waals surface area contributed by atoms with Crippen LogP contribution in [0.1, 0.15) is 0 Å². The van der Waals surface area contributed by atoms with Crippen molar-refractivity contribution in [1.82, 2.24) is 19.3 Å². The van der Waals surface area contributed by atoms with Gasteiger partial charge in [-0.2, -0.15) is 0 Å². The molecule has 1 N–H and O–H groups in total. The van der Waals surface area contributed by atoms with Crippen LogP contribution in [0.15, 0.2) is 36.7 Å². The van der Waals surface area contributed by atoms with E-state index in [0.29, 0.717) is 28.9 Å². The number of morpholine rings is 1. The van der Waals surface area contributed by atoms with Gasteiger partial charge in [-0.25, -0.2) is 14.4 Å². The first-order valence-electron chi connectivity index (χ1n) is 8.55. The fraction of sp³-hybridized carbons (Fsp3) is 0.333. The minimum atomic E-state index is -0.405. The molecule has 8 heteroatoms. The van der Waals surface area contributed by atoms with E-state index in [1.54, 1.807) is 18.3 Å². The van der Waals surface area contributed by atoms with Gasteiger partial charge in [0.05, 0.1) is 23.8 Å². The molecule has 136 valence electrons. The van der Waals surface area contributed by atoms with Crippen LogP contribution in [0.3, 0.4) is 0 Å². The van der Waals surface area contributed by atoms with Gasteiger partial charge in [-0.15, -0.1) is 0 Å². The Bertz CT molecular complexity index is 889. The van der Waals surface area contributed by atoms with Gasteiger partial charge in [-0.1, -0.05) is 17.7 Å². The largest absolute Gasteiger partial charge is 0.379 e. The van der Waals surface area contributed by atoms with Crippen molar-refractivity contribution in [3.8, 4) is 11.3 Å². The zero-order chi connectivity index (χ0) is 17.9. The SMILES string of the molecule is Fc1cccc(Cl)c1-c1nc2ncccn2c1NCCN1CCOCC1. The average Bonchev–Trinajstić information content (AvgIpc) is 3.01. The number of rotatable bonds is 5. The third-order valence-electron chi connectivity index (χ3n) is 4.43. The highest BCUT2D eigenvalue weighted by Gasteiger charge is 2.20. The Hall–Kier alpha value is -2.22. The van der Waals surface area contributed by atoms with E-state index in [2.05, 4.69) is 20.2 Å². The third-order valence-corrected chi connectivity index (χ3v) is 4.74. The monoisotopic (exact) mass is 375 g/mol. The number of imidazole rings is 1. The summed E-state index contributed by atoms with van der Waals surface area (Å²) in [7, 11) is 0. The molecule has 1 saturated heterocycles. The van der Waals surface area contributed by atoms with Crippen LogP contribution in [0.25, 0.3) is 17.0 Å². The molecule has 1 fully saturated rings.